The second-order valence-corrected chi connectivity index (χ2v) is 12.1. The van der Waals surface area contributed by atoms with Crippen LogP contribution >= 0.6 is 0 Å². The third kappa shape index (κ3) is 11.0. The van der Waals surface area contributed by atoms with Gasteiger partial charge in [0.2, 0.25) is 0 Å². The number of azide groups is 1. The van der Waals surface area contributed by atoms with Gasteiger partial charge in [-0.2, -0.15) is 0 Å². The van der Waals surface area contributed by atoms with E-state index in [1.54, 1.807) is 6.20 Å². The second-order valence-electron chi connectivity index (χ2n) is 12.1. The van der Waals surface area contributed by atoms with E-state index in [0.717, 1.165) is 25.7 Å². The maximum absolute atomic E-state index is 10.6. The summed E-state index contributed by atoms with van der Waals surface area (Å²) in [5.74, 6) is 0. The lowest BCUT2D eigenvalue weighted by atomic mass is 9.94. The van der Waals surface area contributed by atoms with Crippen LogP contribution in [0.15, 0.2) is 11.3 Å². The molecule has 18 nitrogen and oxygen atoms in total. The minimum Gasteiger partial charge on any atom is -0.388 e. The molecule has 6 N–H and O–H groups in total. The molecule has 0 saturated carbocycles. The van der Waals surface area contributed by atoms with Gasteiger partial charge >= 0.3 is 0 Å². The van der Waals surface area contributed by atoms with Crippen LogP contribution in [-0.4, -0.2) is 147 Å². The molecule has 10 atom stereocenters. The molecule has 0 spiro atoms. The number of hydrogen-bond donors (Lipinski definition) is 6. The molecule has 3 rings (SSSR count). The SMILES string of the molecule is CCCCOCC(C)(COCCCC)COCc1cn(CC2O[C@H](O[C@H]3OC(CN=[N+]=[N-])[C@@H](O)[C@H](O)C3O)C(O)C(O)[C@@H]2O)nn1. The van der Waals surface area contributed by atoms with E-state index >= 15 is 0 Å². The molecular weight excluding hydrogens is 612 g/mol. The van der Waals surface area contributed by atoms with Gasteiger partial charge in [-0.3, -0.25) is 0 Å². The standard InChI is InChI=1S/C28H50N6O12/c1-4-6-8-41-14-28(3,15-42-9-7-5-2)16-43-13-17-11-34(33-31-17)12-19-21(36)23(38)25(40)27(45-19)46-26-24(39)22(37)20(35)18(44-26)10-30-32-29/h11,18-27,35-40H,4-10,12-16H2,1-3H3/t18?,19?,20-,21-,22+,23?,24?,25?,26-,27-/m1/s1. The molecule has 2 saturated heterocycles. The van der Waals surface area contributed by atoms with Gasteiger partial charge in [-0.05, 0) is 18.4 Å². The maximum Gasteiger partial charge on any atom is 0.189 e. The van der Waals surface area contributed by atoms with Gasteiger partial charge in [0.15, 0.2) is 12.6 Å². The van der Waals surface area contributed by atoms with E-state index in [-0.39, 0.29) is 25.1 Å². The first-order valence-corrected chi connectivity index (χ1v) is 15.7. The van der Waals surface area contributed by atoms with Crippen LogP contribution in [0.2, 0.25) is 0 Å². The van der Waals surface area contributed by atoms with Crippen molar-refractivity contribution in [3.8, 4) is 0 Å². The molecule has 1 aromatic heterocycles. The Morgan fingerprint density at radius 3 is 1.96 bits per heavy atom. The van der Waals surface area contributed by atoms with Crippen molar-refractivity contribution in [3.63, 3.8) is 0 Å². The first-order chi connectivity index (χ1) is 22.0. The van der Waals surface area contributed by atoms with Crippen LogP contribution in [0.25, 0.3) is 10.4 Å². The summed E-state index contributed by atoms with van der Waals surface area (Å²) in [6.45, 7) is 8.56. The number of aliphatic hydroxyl groups excluding tert-OH is 6. The average molecular weight is 663 g/mol. The molecule has 2 aliphatic rings. The fourth-order valence-corrected chi connectivity index (χ4v) is 4.94. The molecule has 0 aromatic carbocycles. The Balaban J connectivity index is 1.57. The van der Waals surface area contributed by atoms with Gasteiger partial charge < -0.3 is 59.1 Å². The first kappa shape index (κ1) is 38.4. The molecule has 2 fully saturated rings. The number of rotatable bonds is 20. The molecule has 3 heterocycles. The van der Waals surface area contributed by atoms with Crippen molar-refractivity contribution in [2.75, 3.05) is 39.6 Å². The quantitative estimate of drug-likeness (QED) is 0.0440. The van der Waals surface area contributed by atoms with Crippen LogP contribution in [0.3, 0.4) is 0 Å². The number of ether oxygens (including phenoxy) is 6. The van der Waals surface area contributed by atoms with E-state index < -0.39 is 61.4 Å². The zero-order valence-corrected chi connectivity index (χ0v) is 26.7. The maximum atomic E-state index is 10.6. The predicted octanol–water partition coefficient (Wildman–Crippen LogP) is -0.623. The monoisotopic (exact) mass is 662 g/mol. The summed E-state index contributed by atoms with van der Waals surface area (Å²) in [5.41, 5.74) is 8.71. The van der Waals surface area contributed by atoms with E-state index in [4.69, 9.17) is 34.0 Å². The molecule has 0 bridgehead atoms. The second kappa shape index (κ2) is 19.1. The minimum absolute atomic E-state index is 0.110. The van der Waals surface area contributed by atoms with E-state index in [1.807, 2.05) is 6.92 Å². The van der Waals surface area contributed by atoms with Crippen molar-refractivity contribution in [2.45, 2.75) is 121 Å². The summed E-state index contributed by atoms with van der Waals surface area (Å²) >= 11 is 0. The summed E-state index contributed by atoms with van der Waals surface area (Å²) in [6, 6.07) is 0. The van der Waals surface area contributed by atoms with Crippen LogP contribution in [0.4, 0.5) is 0 Å². The van der Waals surface area contributed by atoms with Crippen molar-refractivity contribution in [2.24, 2.45) is 10.5 Å². The summed E-state index contributed by atoms with van der Waals surface area (Å²) < 4.78 is 35.8. The van der Waals surface area contributed by atoms with Crippen LogP contribution < -0.4 is 0 Å². The highest BCUT2D eigenvalue weighted by molar-refractivity contribution is 4.95. The molecule has 0 aliphatic carbocycles. The number of hydrogen-bond acceptors (Lipinski definition) is 15. The lowest BCUT2D eigenvalue weighted by molar-refractivity contribution is -0.373. The van der Waals surface area contributed by atoms with Crippen molar-refractivity contribution < 1.29 is 59.1 Å². The van der Waals surface area contributed by atoms with Crippen LogP contribution in [-0.2, 0) is 41.6 Å². The summed E-state index contributed by atoms with van der Waals surface area (Å²) in [6.07, 6.45) is -10.2. The summed E-state index contributed by atoms with van der Waals surface area (Å²) in [7, 11) is 0. The zero-order chi connectivity index (χ0) is 33.7. The van der Waals surface area contributed by atoms with Gasteiger partial charge in [0, 0.05) is 23.5 Å². The van der Waals surface area contributed by atoms with Crippen molar-refractivity contribution in [1.82, 2.24) is 15.0 Å². The Morgan fingerprint density at radius 1 is 0.848 bits per heavy atom. The molecule has 264 valence electrons. The van der Waals surface area contributed by atoms with Crippen LogP contribution in [0.1, 0.15) is 52.1 Å². The average Bonchev–Trinajstić information content (AvgIpc) is 3.49. The van der Waals surface area contributed by atoms with E-state index in [1.165, 1.54) is 4.68 Å². The van der Waals surface area contributed by atoms with E-state index in [9.17, 15) is 30.6 Å². The molecule has 46 heavy (non-hydrogen) atoms. The fourth-order valence-electron chi connectivity index (χ4n) is 4.94. The molecule has 2 aliphatic heterocycles. The van der Waals surface area contributed by atoms with Crippen LogP contribution in [0.5, 0.6) is 0 Å². The number of aromatic nitrogens is 3. The summed E-state index contributed by atoms with van der Waals surface area (Å²) in [4.78, 5) is 2.58. The highest BCUT2D eigenvalue weighted by atomic mass is 16.8. The Kier molecular flexibility index (Phi) is 15.9. The topological polar surface area (TPSA) is 256 Å². The Morgan fingerprint density at radius 2 is 1.39 bits per heavy atom. The lowest BCUT2D eigenvalue weighted by Crippen LogP contribution is -2.63. The third-order valence-electron chi connectivity index (χ3n) is 7.77. The van der Waals surface area contributed by atoms with Gasteiger partial charge in [-0.1, -0.05) is 43.9 Å². The fraction of sp³-hybridized carbons (Fsp3) is 0.929. The van der Waals surface area contributed by atoms with Crippen molar-refractivity contribution >= 4 is 0 Å². The largest absolute Gasteiger partial charge is 0.388 e. The highest BCUT2D eigenvalue weighted by Crippen LogP contribution is 2.29. The number of nitrogens with zero attached hydrogens (tertiary/aromatic N) is 6. The summed E-state index contributed by atoms with van der Waals surface area (Å²) in [5, 5.41) is 73.8. The molecule has 0 amide bonds. The van der Waals surface area contributed by atoms with Gasteiger partial charge in [0.05, 0.1) is 51.8 Å². The lowest BCUT2D eigenvalue weighted by Gasteiger charge is -2.44. The normalized spacial score (nSPS) is 31.9. The van der Waals surface area contributed by atoms with Crippen LogP contribution in [0, 0.1) is 5.41 Å². The molecular formula is C28H50N6O12. The number of unbranched alkanes of at least 4 members (excludes halogenated alkanes) is 2. The first-order valence-electron chi connectivity index (χ1n) is 15.7. The van der Waals surface area contributed by atoms with Crippen molar-refractivity contribution in [1.29, 1.82) is 0 Å². The van der Waals surface area contributed by atoms with Gasteiger partial charge in [0.1, 0.15) is 48.4 Å². The van der Waals surface area contributed by atoms with Gasteiger partial charge in [-0.25, -0.2) is 4.68 Å². The Bertz CT molecular complexity index is 1050. The van der Waals surface area contributed by atoms with Gasteiger partial charge in [0.25, 0.3) is 0 Å². The minimum atomic E-state index is -1.78. The van der Waals surface area contributed by atoms with Crippen molar-refractivity contribution in [3.05, 3.63) is 22.3 Å². The predicted molar refractivity (Wildman–Crippen MR) is 158 cm³/mol. The van der Waals surface area contributed by atoms with E-state index in [0.29, 0.717) is 38.7 Å². The highest BCUT2D eigenvalue weighted by Gasteiger charge is 2.49. The molecule has 0 radical (unpaired) electrons. The molecule has 18 heteroatoms. The number of aliphatic hydroxyl groups is 6. The van der Waals surface area contributed by atoms with Gasteiger partial charge in [-0.15, -0.1) is 5.10 Å². The Labute approximate surface area is 267 Å². The zero-order valence-electron chi connectivity index (χ0n) is 26.7. The molecule has 5 unspecified atom stereocenters. The van der Waals surface area contributed by atoms with E-state index in [2.05, 4.69) is 34.2 Å². The third-order valence-corrected chi connectivity index (χ3v) is 7.77. The smallest absolute Gasteiger partial charge is 0.189 e. The Hall–Kier alpha value is -2.03. The molecule has 1 aromatic rings.